The number of hydrogen-bond acceptors (Lipinski definition) is 1. The molecule has 0 N–H and O–H groups in total. The molecule has 0 atom stereocenters. The first-order chi connectivity index (χ1) is 7.35. The smallest absolute Gasteiger partial charge is 0.0465 e. The molecule has 0 spiro atoms. The second-order valence-electron chi connectivity index (χ2n) is 4.49. The average molecular weight is 214 g/mol. The molecule has 0 aliphatic rings. The maximum atomic E-state index is 5.34. The van der Waals surface area contributed by atoms with Crippen molar-refractivity contribution < 1.29 is 4.74 Å². The van der Waals surface area contributed by atoms with Crippen molar-refractivity contribution in [2.45, 2.75) is 72.1 Å². The Morgan fingerprint density at radius 3 is 2.00 bits per heavy atom. The molecule has 0 rings (SSSR count). The molecule has 0 aliphatic heterocycles. The summed E-state index contributed by atoms with van der Waals surface area (Å²) in [7, 11) is 0. The minimum absolute atomic E-state index is 0.869. The van der Waals surface area contributed by atoms with E-state index >= 15 is 0 Å². The lowest BCUT2D eigenvalue weighted by Crippen LogP contribution is -2.00. The maximum absolute atomic E-state index is 5.34. The number of unbranched alkanes of at least 4 members (excludes halogenated alkanes) is 2. The van der Waals surface area contributed by atoms with Crippen LogP contribution in [0.25, 0.3) is 0 Å². The minimum atomic E-state index is 0.869. The van der Waals surface area contributed by atoms with Crippen LogP contribution in [0.15, 0.2) is 0 Å². The largest absolute Gasteiger partial charge is 0.382 e. The van der Waals surface area contributed by atoms with Crippen LogP contribution in [0.2, 0.25) is 0 Å². The van der Waals surface area contributed by atoms with E-state index in [1.807, 2.05) is 0 Å². The zero-order valence-corrected chi connectivity index (χ0v) is 11.1. The normalized spacial score (nSPS) is 11.2. The van der Waals surface area contributed by atoms with Crippen molar-refractivity contribution in [3.05, 3.63) is 0 Å². The Kier molecular flexibility index (Phi) is 12.0. The van der Waals surface area contributed by atoms with Gasteiger partial charge < -0.3 is 4.74 Å². The molecule has 0 heterocycles. The highest BCUT2D eigenvalue weighted by Gasteiger charge is 2.05. The van der Waals surface area contributed by atoms with Crippen LogP contribution in [0.5, 0.6) is 0 Å². The Hall–Kier alpha value is -0.0400. The molecule has 92 valence electrons. The molecule has 1 nitrogen and oxygen atoms in total. The Labute approximate surface area is 96.6 Å². The van der Waals surface area contributed by atoms with Gasteiger partial charge in [-0.05, 0) is 19.3 Å². The van der Waals surface area contributed by atoms with Crippen LogP contribution in [0, 0.1) is 5.92 Å². The fraction of sp³-hybridized carbons (Fsp3) is 1.00. The first kappa shape index (κ1) is 15.0. The van der Waals surface area contributed by atoms with Crippen molar-refractivity contribution in [3.63, 3.8) is 0 Å². The molecule has 0 saturated heterocycles. The highest BCUT2D eigenvalue weighted by atomic mass is 16.5. The first-order valence-corrected chi connectivity index (χ1v) is 6.92. The highest BCUT2D eigenvalue weighted by molar-refractivity contribution is 4.58. The fourth-order valence-corrected chi connectivity index (χ4v) is 2.21. The van der Waals surface area contributed by atoms with Crippen LogP contribution in [0.1, 0.15) is 72.1 Å². The van der Waals surface area contributed by atoms with Crippen LogP contribution >= 0.6 is 0 Å². The van der Waals surface area contributed by atoms with E-state index in [9.17, 15) is 0 Å². The van der Waals surface area contributed by atoms with Crippen molar-refractivity contribution in [1.29, 1.82) is 0 Å². The molecule has 0 unspecified atom stereocenters. The van der Waals surface area contributed by atoms with Gasteiger partial charge in [-0.3, -0.25) is 0 Å². The molecule has 0 fully saturated rings. The molecule has 15 heavy (non-hydrogen) atoms. The third-order valence-electron chi connectivity index (χ3n) is 3.00. The van der Waals surface area contributed by atoms with Gasteiger partial charge in [0.1, 0.15) is 0 Å². The van der Waals surface area contributed by atoms with Gasteiger partial charge in [0.2, 0.25) is 0 Å². The molecule has 0 aromatic carbocycles. The van der Waals surface area contributed by atoms with E-state index in [-0.39, 0.29) is 0 Å². The zero-order chi connectivity index (χ0) is 11.4. The summed E-state index contributed by atoms with van der Waals surface area (Å²) in [6.07, 6.45) is 11.0. The second kappa shape index (κ2) is 12.0. The lowest BCUT2D eigenvalue weighted by atomic mass is 9.92. The van der Waals surface area contributed by atoms with Crippen LogP contribution in [-0.4, -0.2) is 13.2 Å². The number of rotatable bonds is 11. The van der Waals surface area contributed by atoms with E-state index < -0.39 is 0 Å². The summed E-state index contributed by atoms with van der Waals surface area (Å²) >= 11 is 0. The molecule has 0 amide bonds. The van der Waals surface area contributed by atoms with Crippen LogP contribution < -0.4 is 0 Å². The summed E-state index contributed by atoms with van der Waals surface area (Å²) < 4.78 is 5.34. The van der Waals surface area contributed by atoms with Crippen molar-refractivity contribution >= 4 is 0 Å². The van der Waals surface area contributed by atoms with Crippen molar-refractivity contribution in [2.75, 3.05) is 13.2 Å². The molecule has 0 aromatic rings. The van der Waals surface area contributed by atoms with E-state index in [1.165, 1.54) is 51.4 Å². The lowest BCUT2D eigenvalue weighted by molar-refractivity contribution is 0.142. The monoisotopic (exact) mass is 214 g/mol. The maximum Gasteiger partial charge on any atom is 0.0465 e. The van der Waals surface area contributed by atoms with Crippen molar-refractivity contribution in [3.8, 4) is 0 Å². The van der Waals surface area contributed by atoms with Crippen LogP contribution in [-0.2, 0) is 4.74 Å². The Balaban J connectivity index is 3.28. The van der Waals surface area contributed by atoms with Gasteiger partial charge >= 0.3 is 0 Å². The van der Waals surface area contributed by atoms with Gasteiger partial charge in [0.05, 0.1) is 0 Å². The predicted octanol–water partition coefficient (Wildman–Crippen LogP) is 4.80. The van der Waals surface area contributed by atoms with Gasteiger partial charge in [-0.15, -0.1) is 0 Å². The SMILES string of the molecule is CCCC(CCC)CCCCCOCC. The van der Waals surface area contributed by atoms with E-state index in [0.717, 1.165) is 19.1 Å². The number of ether oxygens (including phenoxy) is 1. The summed E-state index contributed by atoms with van der Waals surface area (Å²) in [4.78, 5) is 0. The van der Waals surface area contributed by atoms with Crippen molar-refractivity contribution in [2.24, 2.45) is 5.92 Å². The predicted molar refractivity (Wildman–Crippen MR) is 68.3 cm³/mol. The highest BCUT2D eigenvalue weighted by Crippen LogP contribution is 2.20. The molecule has 0 aliphatic carbocycles. The van der Waals surface area contributed by atoms with Gasteiger partial charge in [-0.2, -0.15) is 0 Å². The third kappa shape index (κ3) is 10.2. The van der Waals surface area contributed by atoms with Gasteiger partial charge in [-0.25, -0.2) is 0 Å². The first-order valence-electron chi connectivity index (χ1n) is 6.92. The Morgan fingerprint density at radius 1 is 0.800 bits per heavy atom. The molecular weight excluding hydrogens is 184 g/mol. The quantitative estimate of drug-likeness (QED) is 0.449. The summed E-state index contributed by atoms with van der Waals surface area (Å²) in [5, 5.41) is 0. The van der Waals surface area contributed by atoms with Gasteiger partial charge in [0.15, 0.2) is 0 Å². The zero-order valence-electron chi connectivity index (χ0n) is 11.1. The molecule has 0 bridgehead atoms. The minimum Gasteiger partial charge on any atom is -0.382 e. The summed E-state index contributed by atoms with van der Waals surface area (Å²) in [5.74, 6) is 0.993. The lowest BCUT2D eigenvalue weighted by Gasteiger charge is -2.14. The van der Waals surface area contributed by atoms with Crippen LogP contribution in [0.3, 0.4) is 0 Å². The van der Waals surface area contributed by atoms with Gasteiger partial charge in [0, 0.05) is 13.2 Å². The van der Waals surface area contributed by atoms with E-state index in [2.05, 4.69) is 20.8 Å². The molecule has 0 radical (unpaired) electrons. The van der Waals surface area contributed by atoms with E-state index in [4.69, 9.17) is 4.74 Å². The van der Waals surface area contributed by atoms with Gasteiger partial charge in [0.25, 0.3) is 0 Å². The summed E-state index contributed by atoms with van der Waals surface area (Å²) in [6.45, 7) is 8.51. The summed E-state index contributed by atoms with van der Waals surface area (Å²) in [6, 6.07) is 0. The number of hydrogen-bond donors (Lipinski definition) is 0. The van der Waals surface area contributed by atoms with E-state index in [1.54, 1.807) is 0 Å². The summed E-state index contributed by atoms with van der Waals surface area (Å²) in [5.41, 5.74) is 0. The Morgan fingerprint density at radius 2 is 1.47 bits per heavy atom. The van der Waals surface area contributed by atoms with Gasteiger partial charge in [-0.1, -0.05) is 58.8 Å². The Bertz CT molecular complexity index is 106. The van der Waals surface area contributed by atoms with E-state index in [0.29, 0.717) is 0 Å². The third-order valence-corrected chi connectivity index (χ3v) is 3.00. The molecular formula is C14H30O. The molecule has 0 aromatic heterocycles. The van der Waals surface area contributed by atoms with Crippen molar-refractivity contribution in [1.82, 2.24) is 0 Å². The van der Waals surface area contributed by atoms with Crippen LogP contribution in [0.4, 0.5) is 0 Å². The fourth-order valence-electron chi connectivity index (χ4n) is 2.21. The molecule has 1 heteroatoms. The topological polar surface area (TPSA) is 9.23 Å². The standard InChI is InChI=1S/C14H30O/c1-4-10-14(11-5-2)12-8-7-9-13-15-6-3/h14H,4-13H2,1-3H3. The average Bonchev–Trinajstić information content (AvgIpc) is 2.24. The molecule has 0 saturated carbocycles. The second-order valence-corrected chi connectivity index (χ2v) is 4.49.